The van der Waals surface area contributed by atoms with Crippen molar-refractivity contribution in [2.24, 2.45) is 5.92 Å². The van der Waals surface area contributed by atoms with E-state index in [0.717, 1.165) is 50.9 Å². The normalized spacial score (nSPS) is 18.6. The van der Waals surface area contributed by atoms with Crippen molar-refractivity contribution in [3.8, 4) is 11.8 Å². The average Bonchev–Trinajstić information content (AvgIpc) is 2.77. The molecule has 1 aromatic rings. The molecule has 1 saturated carbocycles. The van der Waals surface area contributed by atoms with Gasteiger partial charge in [0.1, 0.15) is 17.9 Å². The Balaban J connectivity index is 1.76. The Morgan fingerprint density at radius 3 is 2.47 bits per heavy atom. The molecule has 0 radical (unpaired) electrons. The quantitative estimate of drug-likeness (QED) is 0.269. The van der Waals surface area contributed by atoms with Gasteiger partial charge in [0.2, 0.25) is 0 Å². The second-order valence-corrected chi connectivity index (χ2v) is 8.48. The predicted octanol–water partition coefficient (Wildman–Crippen LogP) is 6.60. The molecule has 5 heteroatoms. The number of carbonyl (C=O) groups excluding carboxylic acids is 1. The van der Waals surface area contributed by atoms with Crippen molar-refractivity contribution in [2.75, 3.05) is 6.61 Å². The van der Waals surface area contributed by atoms with E-state index in [2.05, 4.69) is 24.9 Å². The van der Waals surface area contributed by atoms with Crippen LogP contribution < -0.4 is 4.74 Å². The monoisotopic (exact) mass is 414 g/mol. The van der Waals surface area contributed by atoms with E-state index in [1.165, 1.54) is 50.8 Å². The molecule has 2 rings (SSSR count). The highest BCUT2D eigenvalue weighted by Gasteiger charge is 2.25. The maximum absolute atomic E-state index is 12.5. The van der Waals surface area contributed by atoms with Crippen LogP contribution in [-0.4, -0.2) is 23.7 Å². The van der Waals surface area contributed by atoms with Crippen molar-refractivity contribution in [3.05, 3.63) is 23.5 Å². The summed E-state index contributed by atoms with van der Waals surface area (Å²) in [5.74, 6) is 0.769. The Morgan fingerprint density at radius 1 is 1.07 bits per heavy atom. The van der Waals surface area contributed by atoms with Crippen LogP contribution in [0.3, 0.4) is 0 Å². The molecule has 0 unspecified atom stereocenters. The summed E-state index contributed by atoms with van der Waals surface area (Å²) in [6, 6.07) is 3.59. The van der Waals surface area contributed by atoms with Crippen LogP contribution in [0.2, 0.25) is 0 Å². The molecule has 1 aliphatic rings. The van der Waals surface area contributed by atoms with Gasteiger partial charge in [-0.15, -0.1) is 0 Å². The van der Waals surface area contributed by atoms with Gasteiger partial charge in [-0.05, 0) is 44.1 Å². The Bertz CT molecular complexity index is 675. The molecule has 1 aliphatic carbocycles. The third-order valence-corrected chi connectivity index (χ3v) is 5.99. The highest BCUT2D eigenvalue weighted by molar-refractivity contribution is 5.88. The molecule has 1 heterocycles. The molecule has 5 nitrogen and oxygen atoms in total. The Labute approximate surface area is 182 Å². The molecule has 0 spiro atoms. The molecule has 0 saturated heterocycles. The van der Waals surface area contributed by atoms with E-state index in [9.17, 15) is 10.1 Å². The fourth-order valence-electron chi connectivity index (χ4n) is 4.08. The van der Waals surface area contributed by atoms with Crippen LogP contribution in [-0.2, 0) is 4.74 Å². The summed E-state index contributed by atoms with van der Waals surface area (Å²) in [6.45, 7) is 4.93. The van der Waals surface area contributed by atoms with Crippen molar-refractivity contribution in [1.82, 2.24) is 4.98 Å². The number of nitrogens with zero attached hydrogens (tertiary/aromatic N) is 2. The van der Waals surface area contributed by atoms with Gasteiger partial charge in [-0.3, -0.25) is 0 Å². The minimum Gasteiger partial charge on any atom is -0.491 e. The molecule has 0 aromatic carbocycles. The van der Waals surface area contributed by atoms with Gasteiger partial charge in [0, 0.05) is 0 Å². The number of hydrogen-bond donors (Lipinski definition) is 0. The maximum Gasteiger partial charge on any atom is 0.357 e. The summed E-state index contributed by atoms with van der Waals surface area (Å²) >= 11 is 0. The van der Waals surface area contributed by atoms with Crippen molar-refractivity contribution in [2.45, 2.75) is 103 Å². The molecule has 0 N–H and O–H groups in total. The largest absolute Gasteiger partial charge is 0.491 e. The third kappa shape index (κ3) is 8.34. The average molecular weight is 415 g/mol. The first-order valence-electron chi connectivity index (χ1n) is 11.9. The van der Waals surface area contributed by atoms with Crippen LogP contribution in [0.25, 0.3) is 0 Å². The molecule has 0 atom stereocenters. The van der Waals surface area contributed by atoms with E-state index in [1.807, 2.05) is 0 Å². The van der Waals surface area contributed by atoms with Gasteiger partial charge in [0.25, 0.3) is 0 Å². The van der Waals surface area contributed by atoms with Gasteiger partial charge in [-0.25, -0.2) is 9.78 Å². The first-order chi connectivity index (χ1) is 14.7. The fraction of sp³-hybridized carbons (Fsp3) is 0.720. The highest BCUT2D eigenvalue weighted by Crippen LogP contribution is 2.30. The minimum atomic E-state index is -0.438. The Hall–Kier alpha value is -2.09. The van der Waals surface area contributed by atoms with Crippen LogP contribution in [0.5, 0.6) is 5.75 Å². The topological polar surface area (TPSA) is 72.2 Å². The number of esters is 1. The van der Waals surface area contributed by atoms with Crippen LogP contribution in [0.15, 0.2) is 12.3 Å². The van der Waals surface area contributed by atoms with Crippen LogP contribution in [0.4, 0.5) is 0 Å². The molecule has 1 aromatic heterocycles. The van der Waals surface area contributed by atoms with Crippen LogP contribution in [0, 0.1) is 17.2 Å². The number of aromatic nitrogens is 1. The van der Waals surface area contributed by atoms with Gasteiger partial charge >= 0.3 is 5.97 Å². The van der Waals surface area contributed by atoms with Gasteiger partial charge in [0.05, 0.1) is 18.4 Å². The van der Waals surface area contributed by atoms with Gasteiger partial charge in [-0.1, -0.05) is 65.2 Å². The van der Waals surface area contributed by atoms with E-state index in [0.29, 0.717) is 17.9 Å². The molecule has 0 aliphatic heterocycles. The van der Waals surface area contributed by atoms with Crippen molar-refractivity contribution < 1.29 is 14.3 Å². The SMILES string of the molecule is CCCCCCCC1CCC(OC(=O)c2cc(C#N)c(OCCCCC)cn2)CC1. The molecule has 30 heavy (non-hydrogen) atoms. The molecule has 1 fully saturated rings. The molecule has 166 valence electrons. The number of hydrogen-bond acceptors (Lipinski definition) is 5. The van der Waals surface area contributed by atoms with E-state index < -0.39 is 5.97 Å². The summed E-state index contributed by atoms with van der Waals surface area (Å²) < 4.78 is 11.3. The van der Waals surface area contributed by atoms with Crippen LogP contribution in [0.1, 0.15) is 113 Å². The number of pyridine rings is 1. The van der Waals surface area contributed by atoms with E-state index >= 15 is 0 Å². The third-order valence-electron chi connectivity index (χ3n) is 5.99. The van der Waals surface area contributed by atoms with E-state index in [1.54, 1.807) is 0 Å². The lowest BCUT2D eigenvalue weighted by molar-refractivity contribution is 0.0154. The van der Waals surface area contributed by atoms with E-state index in [4.69, 9.17) is 9.47 Å². The smallest absolute Gasteiger partial charge is 0.357 e. The molecule has 0 bridgehead atoms. The van der Waals surface area contributed by atoms with Crippen LogP contribution >= 0.6 is 0 Å². The zero-order chi connectivity index (χ0) is 21.6. The van der Waals surface area contributed by atoms with Crippen molar-refractivity contribution in [1.29, 1.82) is 5.26 Å². The minimum absolute atomic E-state index is 0.0360. The Morgan fingerprint density at radius 2 is 1.77 bits per heavy atom. The standard InChI is InChI=1S/C25H38N2O3/c1-3-5-7-8-9-11-20-12-14-22(15-13-20)30-25(28)23-17-21(18-26)24(19-27-23)29-16-10-6-4-2/h17,19-20,22H,3-16H2,1-2H3. The summed E-state index contributed by atoms with van der Waals surface area (Å²) in [5.41, 5.74) is 0.519. The second kappa shape index (κ2) is 14.0. The summed E-state index contributed by atoms with van der Waals surface area (Å²) in [6.07, 6.45) is 16.6. The number of carbonyl (C=O) groups is 1. The first-order valence-corrected chi connectivity index (χ1v) is 11.9. The lowest BCUT2D eigenvalue weighted by Gasteiger charge is -2.28. The fourth-order valence-corrected chi connectivity index (χ4v) is 4.08. The zero-order valence-corrected chi connectivity index (χ0v) is 18.8. The van der Waals surface area contributed by atoms with Gasteiger partial charge in [-0.2, -0.15) is 5.26 Å². The lowest BCUT2D eigenvalue weighted by atomic mass is 9.84. The summed E-state index contributed by atoms with van der Waals surface area (Å²) in [5, 5.41) is 9.39. The van der Waals surface area contributed by atoms with Crippen molar-refractivity contribution >= 4 is 5.97 Å². The number of nitriles is 1. The summed E-state index contributed by atoms with van der Waals surface area (Å²) in [4.78, 5) is 16.7. The zero-order valence-electron chi connectivity index (χ0n) is 18.8. The number of rotatable bonds is 13. The number of ether oxygens (including phenoxy) is 2. The second-order valence-electron chi connectivity index (χ2n) is 8.48. The molecule has 0 amide bonds. The van der Waals surface area contributed by atoms with Gasteiger partial charge in [0.15, 0.2) is 5.75 Å². The Kier molecular flexibility index (Phi) is 11.3. The summed E-state index contributed by atoms with van der Waals surface area (Å²) in [7, 11) is 0. The number of unbranched alkanes of at least 4 members (excludes halogenated alkanes) is 6. The molecular formula is C25H38N2O3. The highest BCUT2D eigenvalue weighted by atomic mass is 16.5. The maximum atomic E-state index is 12.5. The lowest BCUT2D eigenvalue weighted by Crippen LogP contribution is -2.25. The first kappa shape index (κ1) is 24.2. The van der Waals surface area contributed by atoms with Crippen molar-refractivity contribution in [3.63, 3.8) is 0 Å². The predicted molar refractivity (Wildman–Crippen MR) is 119 cm³/mol. The van der Waals surface area contributed by atoms with E-state index in [-0.39, 0.29) is 11.8 Å². The van der Waals surface area contributed by atoms with Gasteiger partial charge < -0.3 is 9.47 Å². The molecular weight excluding hydrogens is 376 g/mol.